The van der Waals surface area contributed by atoms with E-state index in [-0.39, 0.29) is 5.63 Å². The van der Waals surface area contributed by atoms with E-state index in [0.29, 0.717) is 17.7 Å². The Morgan fingerprint density at radius 1 is 0.960 bits per heavy atom. The van der Waals surface area contributed by atoms with Gasteiger partial charge in [0.25, 0.3) is 0 Å². The molecule has 2 aromatic carbocycles. The Balaban J connectivity index is 2.07. The van der Waals surface area contributed by atoms with Crippen molar-refractivity contribution in [2.75, 3.05) is 0 Å². The smallest absolute Gasteiger partial charge is 0.348 e. The summed E-state index contributed by atoms with van der Waals surface area (Å²) < 4.78 is 5.48. The molecule has 0 unspecified atom stereocenters. The van der Waals surface area contributed by atoms with Crippen LogP contribution < -0.4 is 5.63 Å². The van der Waals surface area contributed by atoms with Gasteiger partial charge >= 0.3 is 5.63 Å². The Bertz CT molecular complexity index is 1070. The third-order valence-corrected chi connectivity index (χ3v) is 5.23. The van der Waals surface area contributed by atoms with Crippen LogP contribution in [0.5, 0.6) is 0 Å². The second-order valence-corrected chi connectivity index (χ2v) is 6.86. The first-order chi connectivity index (χ1) is 12.3. The maximum Gasteiger partial charge on any atom is 0.348 e. The standard InChI is InChI=1S/C21H17NO2S/c1-2-9-16-22-20-18(21(23)24-16)17(14-10-5-3-6-11-14)19(25-20)15-12-7-4-8-13-15/h3-8,10-13H,2,9H2,1H3. The maximum atomic E-state index is 12.7. The number of aryl methyl sites for hydroxylation is 1. The molecule has 0 spiro atoms. The van der Waals surface area contributed by atoms with Gasteiger partial charge in [0, 0.05) is 16.9 Å². The molecule has 0 saturated carbocycles. The molecule has 4 aromatic rings. The average molecular weight is 347 g/mol. The number of aromatic nitrogens is 1. The second-order valence-electron chi connectivity index (χ2n) is 5.86. The summed E-state index contributed by atoms with van der Waals surface area (Å²) in [5.41, 5.74) is 2.70. The zero-order chi connectivity index (χ0) is 17.2. The van der Waals surface area contributed by atoms with Crippen LogP contribution in [0.4, 0.5) is 0 Å². The third kappa shape index (κ3) is 2.89. The SMILES string of the molecule is CCCc1nc2sc(-c3ccccc3)c(-c3ccccc3)c2c(=O)o1. The molecule has 0 amide bonds. The molecule has 0 atom stereocenters. The van der Waals surface area contributed by atoms with Gasteiger partial charge < -0.3 is 4.42 Å². The zero-order valence-electron chi connectivity index (χ0n) is 13.9. The zero-order valence-corrected chi connectivity index (χ0v) is 14.7. The molecule has 0 saturated heterocycles. The maximum absolute atomic E-state index is 12.7. The van der Waals surface area contributed by atoms with Gasteiger partial charge in [-0.05, 0) is 17.5 Å². The van der Waals surface area contributed by atoms with Crippen LogP contribution in [0.25, 0.3) is 31.8 Å². The van der Waals surface area contributed by atoms with Gasteiger partial charge in [0.15, 0.2) is 5.89 Å². The van der Waals surface area contributed by atoms with Crippen molar-refractivity contribution in [1.82, 2.24) is 4.98 Å². The molecular formula is C21H17NO2S. The van der Waals surface area contributed by atoms with Crippen molar-refractivity contribution in [2.24, 2.45) is 0 Å². The minimum absolute atomic E-state index is 0.300. The second kappa shape index (κ2) is 6.65. The lowest BCUT2D eigenvalue weighted by Gasteiger charge is -2.04. The van der Waals surface area contributed by atoms with E-state index in [1.54, 1.807) is 11.3 Å². The number of hydrogen-bond acceptors (Lipinski definition) is 4. The van der Waals surface area contributed by atoms with Gasteiger partial charge in [0.2, 0.25) is 0 Å². The fourth-order valence-corrected chi connectivity index (χ4v) is 4.18. The first-order valence-corrected chi connectivity index (χ1v) is 9.17. The highest BCUT2D eigenvalue weighted by Gasteiger charge is 2.20. The van der Waals surface area contributed by atoms with Crippen LogP contribution in [0.2, 0.25) is 0 Å². The number of hydrogen-bond donors (Lipinski definition) is 0. The molecule has 2 heterocycles. The van der Waals surface area contributed by atoms with Gasteiger partial charge in [-0.1, -0.05) is 67.6 Å². The lowest BCUT2D eigenvalue weighted by Crippen LogP contribution is -2.04. The van der Waals surface area contributed by atoms with Crippen LogP contribution >= 0.6 is 11.3 Å². The molecule has 2 aromatic heterocycles. The van der Waals surface area contributed by atoms with E-state index in [9.17, 15) is 4.79 Å². The van der Waals surface area contributed by atoms with Crippen LogP contribution in [-0.4, -0.2) is 4.98 Å². The molecule has 124 valence electrons. The van der Waals surface area contributed by atoms with Crippen LogP contribution in [0, 0.1) is 0 Å². The fraction of sp³-hybridized carbons (Fsp3) is 0.143. The molecule has 0 radical (unpaired) electrons. The van der Waals surface area contributed by atoms with E-state index >= 15 is 0 Å². The topological polar surface area (TPSA) is 43.1 Å². The number of fused-ring (bicyclic) bond motifs is 1. The van der Waals surface area contributed by atoms with E-state index in [4.69, 9.17) is 4.42 Å². The highest BCUT2D eigenvalue weighted by molar-refractivity contribution is 7.22. The van der Waals surface area contributed by atoms with E-state index < -0.39 is 0 Å². The van der Waals surface area contributed by atoms with Crippen LogP contribution in [0.15, 0.2) is 69.9 Å². The normalized spacial score (nSPS) is 11.1. The van der Waals surface area contributed by atoms with Crippen LogP contribution in [-0.2, 0) is 6.42 Å². The Labute approximate surface area is 149 Å². The molecule has 25 heavy (non-hydrogen) atoms. The van der Waals surface area contributed by atoms with E-state index in [1.807, 2.05) is 55.5 Å². The third-order valence-electron chi connectivity index (χ3n) is 4.09. The predicted molar refractivity (Wildman–Crippen MR) is 103 cm³/mol. The van der Waals surface area contributed by atoms with Crippen molar-refractivity contribution in [1.29, 1.82) is 0 Å². The molecule has 0 aliphatic rings. The van der Waals surface area contributed by atoms with Crippen molar-refractivity contribution in [3.8, 4) is 21.6 Å². The molecule has 3 nitrogen and oxygen atoms in total. The highest BCUT2D eigenvalue weighted by Crippen LogP contribution is 2.42. The quantitative estimate of drug-likeness (QED) is 0.487. The van der Waals surface area contributed by atoms with Gasteiger partial charge in [0.1, 0.15) is 10.2 Å². The molecule has 0 N–H and O–H groups in total. The summed E-state index contributed by atoms with van der Waals surface area (Å²) >= 11 is 1.55. The van der Waals surface area contributed by atoms with Gasteiger partial charge in [-0.3, -0.25) is 0 Å². The molecule has 4 heteroatoms. The van der Waals surface area contributed by atoms with Crippen molar-refractivity contribution in [3.63, 3.8) is 0 Å². The molecule has 0 aliphatic heterocycles. The van der Waals surface area contributed by atoms with Crippen LogP contribution in [0.1, 0.15) is 19.2 Å². The summed E-state index contributed by atoms with van der Waals surface area (Å²) in [5.74, 6) is 0.514. The fourth-order valence-electron chi connectivity index (χ4n) is 2.98. The Hall–Kier alpha value is -2.72. The van der Waals surface area contributed by atoms with E-state index in [0.717, 1.165) is 32.8 Å². The van der Waals surface area contributed by atoms with Gasteiger partial charge in [0.05, 0.1) is 0 Å². The molecule has 0 fully saturated rings. The van der Waals surface area contributed by atoms with Crippen LogP contribution in [0.3, 0.4) is 0 Å². The van der Waals surface area contributed by atoms with Crippen molar-refractivity contribution in [3.05, 3.63) is 77.0 Å². The number of thiophene rings is 1. The monoisotopic (exact) mass is 347 g/mol. The summed E-state index contributed by atoms with van der Waals surface area (Å²) in [6, 6.07) is 20.1. The Kier molecular flexibility index (Phi) is 4.20. The lowest BCUT2D eigenvalue weighted by atomic mass is 10.0. The summed E-state index contributed by atoms with van der Waals surface area (Å²) in [6.45, 7) is 2.05. The summed E-state index contributed by atoms with van der Waals surface area (Å²) in [4.78, 5) is 19.1. The average Bonchev–Trinajstić information content (AvgIpc) is 3.03. The lowest BCUT2D eigenvalue weighted by molar-refractivity contribution is 0.443. The minimum atomic E-state index is -0.300. The van der Waals surface area contributed by atoms with E-state index in [2.05, 4.69) is 17.1 Å². The first-order valence-electron chi connectivity index (χ1n) is 8.35. The molecule has 0 aliphatic carbocycles. The number of nitrogens with zero attached hydrogens (tertiary/aromatic N) is 1. The first kappa shape index (κ1) is 15.8. The molecular weight excluding hydrogens is 330 g/mol. The highest BCUT2D eigenvalue weighted by atomic mass is 32.1. The van der Waals surface area contributed by atoms with Crippen molar-refractivity contribution < 1.29 is 4.42 Å². The molecule has 0 bridgehead atoms. The summed E-state index contributed by atoms with van der Waals surface area (Å²) in [5, 5.41) is 0.579. The summed E-state index contributed by atoms with van der Waals surface area (Å²) in [6.07, 6.45) is 1.56. The molecule has 4 rings (SSSR count). The van der Waals surface area contributed by atoms with Gasteiger partial charge in [-0.25, -0.2) is 9.78 Å². The predicted octanol–water partition coefficient (Wildman–Crippen LogP) is 5.54. The van der Waals surface area contributed by atoms with Gasteiger partial charge in [-0.15, -0.1) is 11.3 Å². The van der Waals surface area contributed by atoms with Crippen molar-refractivity contribution in [2.45, 2.75) is 19.8 Å². The Morgan fingerprint density at radius 2 is 1.60 bits per heavy atom. The Morgan fingerprint density at radius 3 is 2.24 bits per heavy atom. The van der Waals surface area contributed by atoms with Crippen molar-refractivity contribution >= 4 is 21.6 Å². The largest absolute Gasteiger partial charge is 0.408 e. The number of rotatable bonds is 4. The minimum Gasteiger partial charge on any atom is -0.408 e. The van der Waals surface area contributed by atoms with Gasteiger partial charge in [-0.2, -0.15) is 0 Å². The van der Waals surface area contributed by atoms with E-state index in [1.165, 1.54) is 0 Å². The number of benzene rings is 2. The summed E-state index contributed by atoms with van der Waals surface area (Å²) in [7, 11) is 0.